The third-order valence-electron chi connectivity index (χ3n) is 3.74. The van der Waals surface area contributed by atoms with Gasteiger partial charge in [-0.3, -0.25) is 0 Å². The monoisotopic (exact) mass is 256 g/mol. The first-order valence-electron chi connectivity index (χ1n) is 6.85. The maximum atomic E-state index is 4.67. The summed E-state index contributed by atoms with van der Waals surface area (Å²) in [4.78, 5) is 6.76. The minimum absolute atomic E-state index is 0.707. The number of rotatable bonds is 2. The fourth-order valence-electron chi connectivity index (χ4n) is 2.50. The van der Waals surface area contributed by atoms with Gasteiger partial charge in [0.1, 0.15) is 5.82 Å². The van der Waals surface area contributed by atoms with Gasteiger partial charge in [-0.2, -0.15) is 5.10 Å². The molecule has 100 valence electrons. The Hall–Kier alpha value is -1.84. The highest BCUT2D eigenvalue weighted by molar-refractivity contribution is 5.60. The molecule has 1 aromatic carbocycles. The minimum Gasteiger partial charge on any atom is -0.378 e. The highest BCUT2D eigenvalue weighted by Crippen LogP contribution is 2.23. The maximum absolute atomic E-state index is 4.67. The van der Waals surface area contributed by atoms with E-state index in [1.165, 1.54) is 12.1 Å². The van der Waals surface area contributed by atoms with Crippen LogP contribution in [-0.2, 0) is 13.0 Å². The Morgan fingerprint density at radius 2 is 1.95 bits per heavy atom. The van der Waals surface area contributed by atoms with Gasteiger partial charge >= 0.3 is 0 Å². The molecule has 1 aliphatic rings. The van der Waals surface area contributed by atoms with Crippen molar-refractivity contribution in [2.45, 2.75) is 26.3 Å². The molecule has 1 aliphatic heterocycles. The number of nitrogens with zero attached hydrogens (tertiary/aromatic N) is 4. The van der Waals surface area contributed by atoms with Crippen molar-refractivity contribution in [1.82, 2.24) is 14.8 Å². The number of hydrogen-bond donors (Lipinski definition) is 0. The van der Waals surface area contributed by atoms with Gasteiger partial charge in [0.25, 0.3) is 0 Å². The molecule has 0 amide bonds. The number of aryl methyl sites for hydroxylation is 1. The molecule has 2 heterocycles. The van der Waals surface area contributed by atoms with Gasteiger partial charge in [0.15, 0.2) is 5.82 Å². The molecule has 0 bridgehead atoms. The first-order valence-corrected chi connectivity index (χ1v) is 6.85. The number of benzene rings is 1. The van der Waals surface area contributed by atoms with Gasteiger partial charge in [-0.1, -0.05) is 6.92 Å². The largest absolute Gasteiger partial charge is 0.378 e. The van der Waals surface area contributed by atoms with Gasteiger partial charge in [-0.15, -0.1) is 0 Å². The van der Waals surface area contributed by atoms with E-state index < -0.39 is 0 Å². The predicted molar refractivity (Wildman–Crippen MR) is 77.3 cm³/mol. The van der Waals surface area contributed by atoms with Crippen LogP contribution in [0, 0.1) is 5.92 Å². The third-order valence-corrected chi connectivity index (χ3v) is 3.74. The van der Waals surface area contributed by atoms with E-state index in [1.54, 1.807) is 0 Å². The van der Waals surface area contributed by atoms with Crippen molar-refractivity contribution in [3.05, 3.63) is 30.1 Å². The summed E-state index contributed by atoms with van der Waals surface area (Å²) in [5.74, 6) is 2.69. The summed E-state index contributed by atoms with van der Waals surface area (Å²) >= 11 is 0. The summed E-state index contributed by atoms with van der Waals surface area (Å²) in [7, 11) is 4.09. The summed E-state index contributed by atoms with van der Waals surface area (Å²) in [5.41, 5.74) is 2.29. The number of fused-ring (bicyclic) bond motifs is 1. The lowest BCUT2D eigenvalue weighted by Crippen LogP contribution is -2.18. The number of aromatic nitrogens is 3. The average Bonchev–Trinajstić information content (AvgIpc) is 2.81. The van der Waals surface area contributed by atoms with Crippen LogP contribution in [0.2, 0.25) is 0 Å². The number of anilines is 1. The summed E-state index contributed by atoms with van der Waals surface area (Å²) in [6.07, 6.45) is 2.27. The Morgan fingerprint density at radius 3 is 2.63 bits per heavy atom. The van der Waals surface area contributed by atoms with Crippen molar-refractivity contribution < 1.29 is 0 Å². The van der Waals surface area contributed by atoms with E-state index in [2.05, 4.69) is 50.9 Å². The van der Waals surface area contributed by atoms with E-state index in [0.717, 1.165) is 30.2 Å². The van der Waals surface area contributed by atoms with Crippen LogP contribution >= 0.6 is 0 Å². The van der Waals surface area contributed by atoms with Crippen molar-refractivity contribution in [2.24, 2.45) is 5.92 Å². The average molecular weight is 256 g/mol. The van der Waals surface area contributed by atoms with Crippen LogP contribution in [0.3, 0.4) is 0 Å². The fraction of sp³-hybridized carbons (Fsp3) is 0.467. The van der Waals surface area contributed by atoms with E-state index in [1.807, 2.05) is 14.1 Å². The van der Waals surface area contributed by atoms with Gasteiger partial charge in [-0.05, 0) is 36.6 Å². The molecule has 0 saturated carbocycles. The SMILES string of the molecule is CC1CCc2nc(-c3ccc(N(C)C)cc3)nn2C1. The molecule has 19 heavy (non-hydrogen) atoms. The molecule has 1 atom stereocenters. The molecule has 0 aliphatic carbocycles. The molecule has 0 radical (unpaired) electrons. The lowest BCUT2D eigenvalue weighted by molar-refractivity contribution is 0.368. The van der Waals surface area contributed by atoms with Crippen molar-refractivity contribution in [2.75, 3.05) is 19.0 Å². The lowest BCUT2D eigenvalue weighted by Gasteiger charge is -2.17. The first-order chi connectivity index (χ1) is 9.13. The minimum atomic E-state index is 0.707. The Morgan fingerprint density at radius 1 is 1.21 bits per heavy atom. The molecule has 0 spiro atoms. The molecule has 4 heteroatoms. The molecular weight excluding hydrogens is 236 g/mol. The molecule has 0 fully saturated rings. The van der Waals surface area contributed by atoms with Crippen LogP contribution in [0.25, 0.3) is 11.4 Å². The molecule has 2 aromatic rings. The van der Waals surface area contributed by atoms with Gasteiger partial charge in [0.05, 0.1) is 0 Å². The molecule has 3 rings (SSSR count). The van der Waals surface area contributed by atoms with E-state index >= 15 is 0 Å². The van der Waals surface area contributed by atoms with Crippen LogP contribution in [0.4, 0.5) is 5.69 Å². The van der Waals surface area contributed by atoms with Crippen LogP contribution in [-0.4, -0.2) is 28.9 Å². The predicted octanol–water partition coefficient (Wildman–Crippen LogP) is 2.59. The lowest BCUT2D eigenvalue weighted by atomic mass is 10.0. The Labute approximate surface area is 114 Å². The van der Waals surface area contributed by atoms with Crippen molar-refractivity contribution in [1.29, 1.82) is 0 Å². The Kier molecular flexibility index (Phi) is 3.01. The van der Waals surface area contributed by atoms with Crippen molar-refractivity contribution >= 4 is 5.69 Å². The summed E-state index contributed by atoms with van der Waals surface area (Å²) in [6, 6.07) is 8.41. The standard InChI is InChI=1S/C15H20N4/c1-11-4-9-14-16-15(17-19(14)10-11)12-5-7-13(8-6-12)18(2)3/h5-8,11H,4,9-10H2,1-3H3. The normalized spacial score (nSPS) is 18.2. The summed E-state index contributed by atoms with van der Waals surface area (Å²) in [5, 5.41) is 4.64. The van der Waals surface area contributed by atoms with Crippen LogP contribution < -0.4 is 4.90 Å². The van der Waals surface area contributed by atoms with E-state index in [-0.39, 0.29) is 0 Å². The van der Waals surface area contributed by atoms with Gasteiger partial charge < -0.3 is 4.90 Å². The zero-order valence-electron chi connectivity index (χ0n) is 11.8. The third kappa shape index (κ3) is 2.35. The van der Waals surface area contributed by atoms with Gasteiger partial charge in [-0.25, -0.2) is 9.67 Å². The van der Waals surface area contributed by atoms with Crippen LogP contribution in [0.1, 0.15) is 19.2 Å². The molecule has 1 aromatic heterocycles. The second-order valence-corrected chi connectivity index (χ2v) is 5.62. The zero-order chi connectivity index (χ0) is 13.4. The Bertz CT molecular complexity index is 568. The molecule has 1 unspecified atom stereocenters. The number of hydrogen-bond acceptors (Lipinski definition) is 3. The molecular formula is C15H20N4. The second-order valence-electron chi connectivity index (χ2n) is 5.62. The molecule has 0 saturated heterocycles. The summed E-state index contributed by atoms with van der Waals surface area (Å²) in [6.45, 7) is 3.27. The van der Waals surface area contributed by atoms with Gasteiger partial charge in [0, 0.05) is 38.3 Å². The van der Waals surface area contributed by atoms with E-state index in [4.69, 9.17) is 0 Å². The fourth-order valence-corrected chi connectivity index (χ4v) is 2.50. The van der Waals surface area contributed by atoms with Crippen LogP contribution in [0.15, 0.2) is 24.3 Å². The maximum Gasteiger partial charge on any atom is 0.181 e. The highest BCUT2D eigenvalue weighted by Gasteiger charge is 2.19. The smallest absolute Gasteiger partial charge is 0.181 e. The Balaban J connectivity index is 1.90. The van der Waals surface area contributed by atoms with E-state index in [9.17, 15) is 0 Å². The van der Waals surface area contributed by atoms with Crippen LogP contribution in [0.5, 0.6) is 0 Å². The van der Waals surface area contributed by atoms with Gasteiger partial charge in [0.2, 0.25) is 0 Å². The first kappa shape index (κ1) is 12.2. The second kappa shape index (κ2) is 4.68. The topological polar surface area (TPSA) is 34.0 Å². The zero-order valence-corrected chi connectivity index (χ0v) is 11.8. The molecule has 0 N–H and O–H groups in total. The highest BCUT2D eigenvalue weighted by atomic mass is 15.4. The molecule has 4 nitrogen and oxygen atoms in total. The van der Waals surface area contributed by atoms with Crippen molar-refractivity contribution in [3.63, 3.8) is 0 Å². The summed E-state index contributed by atoms with van der Waals surface area (Å²) < 4.78 is 2.07. The quantitative estimate of drug-likeness (QED) is 0.828. The van der Waals surface area contributed by atoms with Crippen molar-refractivity contribution in [3.8, 4) is 11.4 Å². The van der Waals surface area contributed by atoms with E-state index in [0.29, 0.717) is 5.92 Å².